The van der Waals surface area contributed by atoms with Gasteiger partial charge in [0.1, 0.15) is 0 Å². The average molecular weight is 310 g/mol. The Kier molecular flexibility index (Phi) is 6.95. The highest BCUT2D eigenvalue weighted by Crippen LogP contribution is 2.10. The number of esters is 2. The summed E-state index contributed by atoms with van der Waals surface area (Å²) in [5, 5.41) is 0. The molecule has 0 aromatic heterocycles. The standard InChI is InChI=1S/C16H16F2O4/c1-11(2)16(20)22-9-3-8-21-15(19)7-5-12-4-6-13(17)14(18)10-12/h4-7,10H,1,3,8-9H2,2H3/b7-5+. The molecule has 22 heavy (non-hydrogen) atoms. The highest BCUT2D eigenvalue weighted by molar-refractivity contribution is 5.87. The summed E-state index contributed by atoms with van der Waals surface area (Å²) in [6.07, 6.45) is 2.77. The summed E-state index contributed by atoms with van der Waals surface area (Å²) in [6.45, 7) is 5.15. The molecular formula is C16H16F2O4. The van der Waals surface area contributed by atoms with E-state index in [1.165, 1.54) is 19.1 Å². The van der Waals surface area contributed by atoms with Crippen molar-refractivity contribution < 1.29 is 27.8 Å². The van der Waals surface area contributed by atoms with E-state index in [0.717, 1.165) is 18.2 Å². The molecule has 0 saturated heterocycles. The van der Waals surface area contributed by atoms with Gasteiger partial charge in [0.2, 0.25) is 0 Å². The molecule has 0 N–H and O–H groups in total. The maximum absolute atomic E-state index is 12.9. The van der Waals surface area contributed by atoms with Crippen molar-refractivity contribution in [2.75, 3.05) is 13.2 Å². The number of carbonyl (C=O) groups is 2. The summed E-state index contributed by atoms with van der Waals surface area (Å²) < 4.78 is 35.3. The predicted octanol–water partition coefficient (Wildman–Crippen LogP) is 3.03. The fourth-order valence-corrected chi connectivity index (χ4v) is 1.35. The third-order valence-electron chi connectivity index (χ3n) is 2.47. The molecule has 0 amide bonds. The molecule has 6 heteroatoms. The second kappa shape index (κ2) is 8.71. The highest BCUT2D eigenvalue weighted by Gasteiger charge is 2.04. The molecule has 1 aromatic rings. The molecule has 0 aliphatic heterocycles. The van der Waals surface area contributed by atoms with Crippen LogP contribution in [0, 0.1) is 11.6 Å². The second-order valence-electron chi connectivity index (χ2n) is 4.44. The lowest BCUT2D eigenvalue weighted by Gasteiger charge is -2.04. The average Bonchev–Trinajstić information content (AvgIpc) is 2.47. The van der Waals surface area contributed by atoms with Crippen LogP contribution in [0.3, 0.4) is 0 Å². The highest BCUT2D eigenvalue weighted by atomic mass is 19.2. The fourth-order valence-electron chi connectivity index (χ4n) is 1.35. The Morgan fingerprint density at radius 2 is 1.86 bits per heavy atom. The van der Waals surface area contributed by atoms with Gasteiger partial charge in [-0.1, -0.05) is 12.6 Å². The Hall–Kier alpha value is -2.50. The zero-order valence-corrected chi connectivity index (χ0v) is 12.1. The molecule has 1 aromatic carbocycles. The van der Waals surface area contributed by atoms with Gasteiger partial charge in [0.05, 0.1) is 13.2 Å². The maximum Gasteiger partial charge on any atom is 0.333 e. The molecule has 0 radical (unpaired) electrons. The molecule has 4 nitrogen and oxygen atoms in total. The molecule has 0 heterocycles. The van der Waals surface area contributed by atoms with Gasteiger partial charge in [0.15, 0.2) is 11.6 Å². The summed E-state index contributed by atoms with van der Waals surface area (Å²) in [6, 6.07) is 3.27. The van der Waals surface area contributed by atoms with Crippen LogP contribution in [-0.2, 0) is 19.1 Å². The molecule has 0 aliphatic carbocycles. The Labute approximate surface area is 127 Å². The molecular weight excluding hydrogens is 294 g/mol. The van der Waals surface area contributed by atoms with Crippen molar-refractivity contribution in [2.24, 2.45) is 0 Å². The van der Waals surface area contributed by atoms with Gasteiger partial charge in [-0.15, -0.1) is 0 Å². The van der Waals surface area contributed by atoms with E-state index < -0.39 is 23.6 Å². The molecule has 0 spiro atoms. The van der Waals surface area contributed by atoms with E-state index in [2.05, 4.69) is 6.58 Å². The predicted molar refractivity (Wildman–Crippen MR) is 76.7 cm³/mol. The minimum absolute atomic E-state index is 0.0738. The van der Waals surface area contributed by atoms with Crippen LogP contribution in [0.25, 0.3) is 6.08 Å². The zero-order valence-electron chi connectivity index (χ0n) is 12.1. The van der Waals surface area contributed by atoms with E-state index >= 15 is 0 Å². The molecule has 0 atom stereocenters. The van der Waals surface area contributed by atoms with Gasteiger partial charge in [-0.25, -0.2) is 18.4 Å². The third kappa shape index (κ3) is 6.30. The first-order valence-corrected chi connectivity index (χ1v) is 6.52. The minimum Gasteiger partial charge on any atom is -0.462 e. The summed E-state index contributed by atoms with van der Waals surface area (Å²) in [5.41, 5.74) is 0.637. The van der Waals surface area contributed by atoms with Crippen molar-refractivity contribution in [3.8, 4) is 0 Å². The normalized spacial score (nSPS) is 10.5. The van der Waals surface area contributed by atoms with Gasteiger partial charge in [-0.05, 0) is 30.7 Å². The first-order valence-electron chi connectivity index (χ1n) is 6.52. The van der Waals surface area contributed by atoms with E-state index in [-0.39, 0.29) is 13.2 Å². The smallest absolute Gasteiger partial charge is 0.333 e. The quantitative estimate of drug-likeness (QED) is 0.441. The summed E-state index contributed by atoms with van der Waals surface area (Å²) in [5.74, 6) is -3.07. The van der Waals surface area contributed by atoms with Crippen LogP contribution < -0.4 is 0 Å². The van der Waals surface area contributed by atoms with Crippen LogP contribution in [0.5, 0.6) is 0 Å². The van der Waals surface area contributed by atoms with Gasteiger partial charge in [-0.3, -0.25) is 0 Å². The van der Waals surface area contributed by atoms with Crippen LogP contribution in [0.4, 0.5) is 8.78 Å². The van der Waals surface area contributed by atoms with Crippen LogP contribution in [-0.4, -0.2) is 25.2 Å². The van der Waals surface area contributed by atoms with Crippen LogP contribution in [0.2, 0.25) is 0 Å². The topological polar surface area (TPSA) is 52.6 Å². The number of ether oxygens (including phenoxy) is 2. The van der Waals surface area contributed by atoms with E-state index in [1.54, 1.807) is 0 Å². The molecule has 0 saturated carbocycles. The van der Waals surface area contributed by atoms with Gasteiger partial charge in [0, 0.05) is 18.1 Å². The number of hydrogen-bond donors (Lipinski definition) is 0. The van der Waals surface area contributed by atoms with Crippen molar-refractivity contribution in [1.82, 2.24) is 0 Å². The maximum atomic E-state index is 12.9. The molecule has 118 valence electrons. The molecule has 0 unspecified atom stereocenters. The SMILES string of the molecule is C=C(C)C(=O)OCCCOC(=O)/C=C/c1ccc(F)c(F)c1. The van der Waals surface area contributed by atoms with Crippen molar-refractivity contribution in [1.29, 1.82) is 0 Å². The Morgan fingerprint density at radius 3 is 2.50 bits per heavy atom. The van der Waals surface area contributed by atoms with Gasteiger partial charge < -0.3 is 9.47 Å². The number of halogens is 2. The van der Waals surface area contributed by atoms with Crippen molar-refractivity contribution in [3.63, 3.8) is 0 Å². The van der Waals surface area contributed by atoms with Gasteiger partial charge >= 0.3 is 11.9 Å². The largest absolute Gasteiger partial charge is 0.462 e. The van der Waals surface area contributed by atoms with Gasteiger partial charge in [-0.2, -0.15) is 0 Å². The monoisotopic (exact) mass is 310 g/mol. The second-order valence-corrected chi connectivity index (χ2v) is 4.44. The Morgan fingerprint density at radius 1 is 1.18 bits per heavy atom. The summed E-state index contributed by atoms with van der Waals surface area (Å²) >= 11 is 0. The molecule has 0 bridgehead atoms. The number of benzene rings is 1. The number of carbonyl (C=O) groups excluding carboxylic acids is 2. The first-order chi connectivity index (χ1) is 10.4. The van der Waals surface area contributed by atoms with E-state index in [9.17, 15) is 18.4 Å². The lowest BCUT2D eigenvalue weighted by atomic mass is 10.2. The number of rotatable bonds is 7. The first kappa shape index (κ1) is 17.6. The van der Waals surface area contributed by atoms with Crippen LogP contribution >= 0.6 is 0 Å². The van der Waals surface area contributed by atoms with E-state index in [4.69, 9.17) is 9.47 Å². The van der Waals surface area contributed by atoms with Crippen LogP contribution in [0.15, 0.2) is 36.4 Å². The Balaban J connectivity index is 2.28. The molecule has 0 fully saturated rings. The fraction of sp³-hybridized carbons (Fsp3) is 0.250. The van der Waals surface area contributed by atoms with Crippen molar-refractivity contribution >= 4 is 18.0 Å². The van der Waals surface area contributed by atoms with E-state index in [0.29, 0.717) is 17.6 Å². The summed E-state index contributed by atoms with van der Waals surface area (Å²) in [7, 11) is 0. The zero-order chi connectivity index (χ0) is 16.5. The molecule has 0 aliphatic rings. The lowest BCUT2D eigenvalue weighted by Crippen LogP contribution is -2.09. The summed E-state index contributed by atoms with van der Waals surface area (Å²) in [4.78, 5) is 22.4. The molecule has 1 rings (SSSR count). The number of hydrogen-bond acceptors (Lipinski definition) is 4. The van der Waals surface area contributed by atoms with Crippen molar-refractivity contribution in [3.05, 3.63) is 53.6 Å². The lowest BCUT2D eigenvalue weighted by molar-refractivity contribution is -0.140. The Bertz CT molecular complexity index is 594. The van der Waals surface area contributed by atoms with Crippen molar-refractivity contribution in [2.45, 2.75) is 13.3 Å². The van der Waals surface area contributed by atoms with Gasteiger partial charge in [0.25, 0.3) is 0 Å². The minimum atomic E-state index is -0.991. The van der Waals surface area contributed by atoms with Crippen LogP contribution in [0.1, 0.15) is 18.9 Å². The van der Waals surface area contributed by atoms with E-state index in [1.807, 2.05) is 0 Å². The third-order valence-corrected chi connectivity index (χ3v) is 2.47.